The molecule has 1 rings (SSSR count). The maximum absolute atomic E-state index is 11.5. The van der Waals surface area contributed by atoms with Crippen LogP contribution >= 0.6 is 0 Å². The van der Waals surface area contributed by atoms with E-state index in [0.29, 0.717) is 13.0 Å². The minimum Gasteiger partial charge on any atom is -0.356 e. The predicted molar refractivity (Wildman–Crippen MR) is 65.8 cm³/mol. The zero-order valence-electron chi connectivity index (χ0n) is 9.41. The Morgan fingerprint density at radius 1 is 1.25 bits per heavy atom. The summed E-state index contributed by atoms with van der Waals surface area (Å²) in [4.78, 5) is 11.5. The highest BCUT2D eigenvalue weighted by Crippen LogP contribution is 1.99. The van der Waals surface area contributed by atoms with E-state index in [9.17, 15) is 4.79 Å². The fourth-order valence-corrected chi connectivity index (χ4v) is 1.42. The number of terminal acetylenes is 1. The first-order valence-corrected chi connectivity index (χ1v) is 5.57. The second-order valence-corrected chi connectivity index (χ2v) is 3.67. The molecular formula is C14H17NO. The fourth-order valence-electron chi connectivity index (χ4n) is 1.42. The molecular weight excluding hydrogens is 198 g/mol. The molecule has 1 aromatic rings. The molecule has 1 N–H and O–H groups in total. The quantitative estimate of drug-likeness (QED) is 0.571. The van der Waals surface area contributed by atoms with Gasteiger partial charge in [0.1, 0.15) is 0 Å². The molecule has 0 aromatic heterocycles. The SMILES string of the molecule is C#CCCCCNC(=O)Cc1ccccc1. The highest BCUT2D eigenvalue weighted by Gasteiger charge is 2.01. The highest BCUT2D eigenvalue weighted by molar-refractivity contribution is 5.78. The summed E-state index contributed by atoms with van der Waals surface area (Å²) < 4.78 is 0. The summed E-state index contributed by atoms with van der Waals surface area (Å²) >= 11 is 0. The summed E-state index contributed by atoms with van der Waals surface area (Å²) in [5, 5.41) is 2.88. The van der Waals surface area contributed by atoms with Gasteiger partial charge in [0, 0.05) is 13.0 Å². The van der Waals surface area contributed by atoms with Crippen LogP contribution in [0.4, 0.5) is 0 Å². The average molecular weight is 215 g/mol. The van der Waals surface area contributed by atoms with Gasteiger partial charge >= 0.3 is 0 Å². The average Bonchev–Trinajstić information content (AvgIpc) is 2.30. The summed E-state index contributed by atoms with van der Waals surface area (Å²) in [5.41, 5.74) is 1.05. The van der Waals surface area contributed by atoms with Crippen LogP contribution < -0.4 is 5.32 Å². The van der Waals surface area contributed by atoms with E-state index in [2.05, 4.69) is 11.2 Å². The Balaban J connectivity index is 2.15. The van der Waals surface area contributed by atoms with Crippen molar-refractivity contribution in [2.75, 3.05) is 6.54 Å². The van der Waals surface area contributed by atoms with Crippen molar-refractivity contribution in [1.82, 2.24) is 5.32 Å². The lowest BCUT2D eigenvalue weighted by Gasteiger charge is -2.04. The van der Waals surface area contributed by atoms with Crippen molar-refractivity contribution in [3.8, 4) is 12.3 Å². The third-order valence-corrected chi connectivity index (χ3v) is 2.28. The zero-order valence-corrected chi connectivity index (χ0v) is 9.41. The van der Waals surface area contributed by atoms with E-state index < -0.39 is 0 Å². The Morgan fingerprint density at radius 3 is 2.69 bits per heavy atom. The van der Waals surface area contributed by atoms with Crippen molar-refractivity contribution >= 4 is 5.91 Å². The number of hydrogen-bond donors (Lipinski definition) is 1. The van der Waals surface area contributed by atoms with Gasteiger partial charge in [-0.2, -0.15) is 0 Å². The van der Waals surface area contributed by atoms with Gasteiger partial charge in [0.05, 0.1) is 6.42 Å². The van der Waals surface area contributed by atoms with Crippen LogP contribution in [0.25, 0.3) is 0 Å². The van der Waals surface area contributed by atoms with Crippen LogP contribution in [-0.2, 0) is 11.2 Å². The monoisotopic (exact) mass is 215 g/mol. The molecule has 0 heterocycles. The zero-order chi connectivity index (χ0) is 11.6. The first-order chi connectivity index (χ1) is 7.83. The number of carbonyl (C=O) groups is 1. The summed E-state index contributed by atoms with van der Waals surface area (Å²) in [6.45, 7) is 0.716. The van der Waals surface area contributed by atoms with Gasteiger partial charge in [0.25, 0.3) is 0 Å². The van der Waals surface area contributed by atoms with Crippen molar-refractivity contribution in [2.24, 2.45) is 0 Å². The van der Waals surface area contributed by atoms with Crippen LogP contribution in [0, 0.1) is 12.3 Å². The fraction of sp³-hybridized carbons (Fsp3) is 0.357. The summed E-state index contributed by atoms with van der Waals surface area (Å²) in [6, 6.07) is 9.74. The number of nitrogens with one attached hydrogen (secondary N) is 1. The van der Waals surface area contributed by atoms with E-state index in [1.54, 1.807) is 0 Å². The second kappa shape index (κ2) is 7.53. The number of unbranched alkanes of at least 4 members (excludes halogenated alkanes) is 2. The molecule has 0 aliphatic heterocycles. The number of amides is 1. The van der Waals surface area contributed by atoms with Gasteiger partial charge in [-0.25, -0.2) is 0 Å². The molecule has 0 atom stereocenters. The molecule has 2 heteroatoms. The van der Waals surface area contributed by atoms with Gasteiger partial charge in [0.2, 0.25) is 5.91 Å². The van der Waals surface area contributed by atoms with Crippen LogP contribution in [0.3, 0.4) is 0 Å². The van der Waals surface area contributed by atoms with Gasteiger partial charge in [-0.1, -0.05) is 30.3 Å². The lowest BCUT2D eigenvalue weighted by molar-refractivity contribution is -0.120. The summed E-state index contributed by atoms with van der Waals surface area (Å²) in [5.74, 6) is 2.66. The van der Waals surface area contributed by atoms with Crippen molar-refractivity contribution in [3.63, 3.8) is 0 Å². The van der Waals surface area contributed by atoms with Gasteiger partial charge in [-0.05, 0) is 18.4 Å². The van der Waals surface area contributed by atoms with Crippen molar-refractivity contribution in [2.45, 2.75) is 25.7 Å². The van der Waals surface area contributed by atoms with E-state index in [1.807, 2.05) is 30.3 Å². The van der Waals surface area contributed by atoms with Crippen molar-refractivity contribution in [3.05, 3.63) is 35.9 Å². The number of hydrogen-bond acceptors (Lipinski definition) is 1. The van der Waals surface area contributed by atoms with Crippen LogP contribution in [0.15, 0.2) is 30.3 Å². The summed E-state index contributed by atoms with van der Waals surface area (Å²) in [6.07, 6.45) is 8.30. The maximum atomic E-state index is 11.5. The molecule has 1 amide bonds. The van der Waals surface area contributed by atoms with Crippen LogP contribution in [0.5, 0.6) is 0 Å². The molecule has 0 saturated carbocycles. The third kappa shape index (κ3) is 5.21. The number of rotatable bonds is 6. The molecule has 0 aliphatic carbocycles. The Hall–Kier alpha value is -1.75. The maximum Gasteiger partial charge on any atom is 0.224 e. The Kier molecular flexibility index (Phi) is 5.80. The first-order valence-electron chi connectivity index (χ1n) is 5.57. The number of benzene rings is 1. The molecule has 0 spiro atoms. The molecule has 0 fully saturated rings. The van der Waals surface area contributed by atoms with Gasteiger partial charge in [-0.15, -0.1) is 12.3 Å². The lowest BCUT2D eigenvalue weighted by atomic mass is 10.1. The highest BCUT2D eigenvalue weighted by atomic mass is 16.1. The van der Waals surface area contributed by atoms with Gasteiger partial charge in [0.15, 0.2) is 0 Å². The molecule has 16 heavy (non-hydrogen) atoms. The lowest BCUT2D eigenvalue weighted by Crippen LogP contribution is -2.26. The van der Waals surface area contributed by atoms with Gasteiger partial charge in [-0.3, -0.25) is 4.79 Å². The minimum absolute atomic E-state index is 0.0758. The molecule has 0 saturated heterocycles. The third-order valence-electron chi connectivity index (χ3n) is 2.28. The normalized spacial score (nSPS) is 9.44. The Bertz CT molecular complexity index is 351. The second-order valence-electron chi connectivity index (χ2n) is 3.67. The van der Waals surface area contributed by atoms with E-state index in [4.69, 9.17) is 6.42 Å². The van der Waals surface area contributed by atoms with Crippen LogP contribution in [0.2, 0.25) is 0 Å². The minimum atomic E-state index is 0.0758. The van der Waals surface area contributed by atoms with E-state index in [-0.39, 0.29) is 5.91 Å². The molecule has 84 valence electrons. The standard InChI is InChI=1S/C14H17NO/c1-2-3-4-8-11-15-14(16)12-13-9-6-5-7-10-13/h1,5-7,9-10H,3-4,8,11-12H2,(H,15,16). The van der Waals surface area contributed by atoms with Crippen LogP contribution in [0.1, 0.15) is 24.8 Å². The molecule has 0 aliphatic rings. The topological polar surface area (TPSA) is 29.1 Å². The van der Waals surface area contributed by atoms with E-state index in [1.165, 1.54) is 0 Å². The first kappa shape index (κ1) is 12.3. The van der Waals surface area contributed by atoms with Crippen LogP contribution in [-0.4, -0.2) is 12.5 Å². The largest absolute Gasteiger partial charge is 0.356 e. The van der Waals surface area contributed by atoms with Crippen molar-refractivity contribution < 1.29 is 4.79 Å². The molecule has 0 unspecified atom stereocenters. The predicted octanol–water partition coefficient (Wildman–Crippen LogP) is 2.15. The summed E-state index contributed by atoms with van der Waals surface area (Å²) in [7, 11) is 0. The Labute approximate surface area is 97.1 Å². The molecule has 0 radical (unpaired) electrons. The Morgan fingerprint density at radius 2 is 2.00 bits per heavy atom. The van der Waals surface area contributed by atoms with E-state index in [0.717, 1.165) is 24.8 Å². The number of carbonyl (C=O) groups excluding carboxylic acids is 1. The van der Waals surface area contributed by atoms with Gasteiger partial charge < -0.3 is 5.32 Å². The van der Waals surface area contributed by atoms with E-state index >= 15 is 0 Å². The van der Waals surface area contributed by atoms with Crippen molar-refractivity contribution in [1.29, 1.82) is 0 Å². The molecule has 2 nitrogen and oxygen atoms in total. The smallest absolute Gasteiger partial charge is 0.224 e. The molecule has 1 aromatic carbocycles. The molecule has 0 bridgehead atoms.